The van der Waals surface area contributed by atoms with Crippen LogP contribution in [0, 0.1) is 13.8 Å². The van der Waals surface area contributed by atoms with Gasteiger partial charge in [-0.25, -0.2) is 0 Å². The summed E-state index contributed by atoms with van der Waals surface area (Å²) in [7, 11) is 0. The number of hydrogen-bond donors (Lipinski definition) is 1. The molecule has 1 aliphatic rings. The van der Waals surface area contributed by atoms with Gasteiger partial charge in [0.25, 0.3) is 5.91 Å². The predicted octanol–water partition coefficient (Wildman–Crippen LogP) is 6.37. The van der Waals surface area contributed by atoms with E-state index in [1.54, 1.807) is 0 Å². The summed E-state index contributed by atoms with van der Waals surface area (Å²) in [5.74, 6) is -0.112. The molecule has 2 heterocycles. The third-order valence-corrected chi connectivity index (χ3v) is 6.47. The zero-order valence-electron chi connectivity index (χ0n) is 19.3. The van der Waals surface area contributed by atoms with Crippen molar-refractivity contribution < 1.29 is 4.79 Å². The Kier molecular flexibility index (Phi) is 5.93. The number of amides is 1. The topological polar surface area (TPSA) is 45.2 Å². The lowest BCUT2D eigenvalue weighted by Crippen LogP contribution is -2.18. The maximum Gasteiger partial charge on any atom is 0.255 e. The molecule has 1 saturated heterocycles. The van der Waals surface area contributed by atoms with Gasteiger partial charge < -0.3 is 5.32 Å². The summed E-state index contributed by atoms with van der Waals surface area (Å²) in [6, 6.07) is 22.5. The minimum absolute atomic E-state index is 0.112. The van der Waals surface area contributed by atoms with Crippen LogP contribution in [0.3, 0.4) is 0 Å². The highest BCUT2D eigenvalue weighted by Gasteiger charge is 2.13. The fourth-order valence-electron chi connectivity index (χ4n) is 4.51. The van der Waals surface area contributed by atoms with Crippen LogP contribution in [-0.2, 0) is 6.54 Å². The van der Waals surface area contributed by atoms with Gasteiger partial charge in [-0.1, -0.05) is 42.0 Å². The third-order valence-electron chi connectivity index (χ3n) is 6.47. The largest absolute Gasteiger partial charge is 0.322 e. The number of anilines is 1. The minimum Gasteiger partial charge on any atom is -0.322 e. The Balaban J connectivity index is 1.32. The number of carbonyl (C=O) groups excluding carboxylic acids is 1. The standard InChI is InChI=1S/C29H29N3O/c1-20-5-7-23(8-6-20)24-9-11-25(12-10-24)29(33)31-27-17-28-26(15-21(27)2)16-22(18-30-28)19-32-13-3-4-14-32/h5-12,15-18H,3-4,13-14,19H2,1-2H3,(H,31,33). The van der Waals surface area contributed by atoms with E-state index in [-0.39, 0.29) is 5.91 Å². The molecular weight excluding hydrogens is 406 g/mol. The molecule has 1 fully saturated rings. The lowest BCUT2D eigenvalue weighted by atomic mass is 10.0. The van der Waals surface area contributed by atoms with E-state index in [2.05, 4.69) is 58.5 Å². The number of nitrogens with one attached hydrogen (secondary N) is 1. The number of rotatable bonds is 5. The number of aromatic nitrogens is 1. The molecule has 0 saturated carbocycles. The first kappa shape index (κ1) is 21.4. The van der Waals surface area contributed by atoms with Gasteiger partial charge in [0.15, 0.2) is 0 Å². The Bertz CT molecular complexity index is 1290. The second-order valence-corrected chi connectivity index (χ2v) is 9.08. The molecule has 5 rings (SSSR count). The van der Waals surface area contributed by atoms with E-state index in [1.165, 1.54) is 37.1 Å². The van der Waals surface area contributed by atoms with Gasteiger partial charge in [-0.15, -0.1) is 0 Å². The van der Waals surface area contributed by atoms with Crippen LogP contribution in [0.4, 0.5) is 5.69 Å². The maximum atomic E-state index is 12.9. The number of hydrogen-bond acceptors (Lipinski definition) is 3. The molecule has 166 valence electrons. The van der Waals surface area contributed by atoms with Crippen molar-refractivity contribution in [1.29, 1.82) is 0 Å². The Morgan fingerprint density at radius 1 is 0.909 bits per heavy atom. The quantitative estimate of drug-likeness (QED) is 0.396. The van der Waals surface area contributed by atoms with Crippen molar-refractivity contribution in [2.24, 2.45) is 0 Å². The van der Waals surface area contributed by atoms with Crippen LogP contribution < -0.4 is 5.32 Å². The van der Waals surface area contributed by atoms with Crippen molar-refractivity contribution in [3.63, 3.8) is 0 Å². The highest BCUT2D eigenvalue weighted by atomic mass is 16.1. The monoisotopic (exact) mass is 435 g/mol. The van der Waals surface area contributed by atoms with E-state index in [1.807, 2.05) is 43.5 Å². The Morgan fingerprint density at radius 2 is 1.58 bits per heavy atom. The van der Waals surface area contributed by atoms with Crippen LogP contribution in [0.5, 0.6) is 0 Å². The van der Waals surface area contributed by atoms with Crippen LogP contribution in [0.1, 0.15) is 39.9 Å². The molecule has 1 aromatic heterocycles. The lowest BCUT2D eigenvalue weighted by molar-refractivity contribution is 0.102. The second kappa shape index (κ2) is 9.16. The summed E-state index contributed by atoms with van der Waals surface area (Å²) in [4.78, 5) is 20.1. The average Bonchev–Trinajstić information content (AvgIpc) is 3.33. The van der Waals surface area contributed by atoms with Crippen molar-refractivity contribution in [3.8, 4) is 11.1 Å². The molecule has 1 amide bonds. The van der Waals surface area contributed by atoms with Crippen molar-refractivity contribution in [2.75, 3.05) is 18.4 Å². The first-order valence-electron chi connectivity index (χ1n) is 11.7. The summed E-state index contributed by atoms with van der Waals surface area (Å²) in [6.07, 6.45) is 4.54. The molecule has 33 heavy (non-hydrogen) atoms. The van der Waals surface area contributed by atoms with Gasteiger partial charge in [0, 0.05) is 29.4 Å². The maximum absolute atomic E-state index is 12.9. The molecule has 0 atom stereocenters. The first-order chi connectivity index (χ1) is 16.0. The molecule has 0 radical (unpaired) electrons. The summed E-state index contributed by atoms with van der Waals surface area (Å²) in [6.45, 7) is 7.42. The van der Waals surface area contributed by atoms with Gasteiger partial charge in [-0.2, -0.15) is 0 Å². The molecule has 3 aromatic carbocycles. The van der Waals surface area contributed by atoms with E-state index in [0.717, 1.165) is 39.8 Å². The molecule has 0 spiro atoms. The number of aryl methyl sites for hydroxylation is 2. The van der Waals surface area contributed by atoms with E-state index < -0.39 is 0 Å². The van der Waals surface area contributed by atoms with Gasteiger partial charge in [0.05, 0.1) is 5.52 Å². The van der Waals surface area contributed by atoms with E-state index >= 15 is 0 Å². The van der Waals surface area contributed by atoms with Crippen molar-refractivity contribution in [3.05, 3.63) is 95.2 Å². The number of carbonyl (C=O) groups is 1. The van der Waals surface area contributed by atoms with Crippen LogP contribution in [-0.4, -0.2) is 28.9 Å². The van der Waals surface area contributed by atoms with Crippen LogP contribution in [0.25, 0.3) is 22.0 Å². The van der Waals surface area contributed by atoms with Gasteiger partial charge >= 0.3 is 0 Å². The lowest BCUT2D eigenvalue weighted by Gasteiger charge is -2.15. The SMILES string of the molecule is Cc1ccc(-c2ccc(C(=O)Nc3cc4ncc(CN5CCCC5)cc4cc3C)cc2)cc1. The molecule has 4 nitrogen and oxygen atoms in total. The molecule has 0 bridgehead atoms. The van der Waals surface area contributed by atoms with Gasteiger partial charge in [0.1, 0.15) is 0 Å². The van der Waals surface area contributed by atoms with Gasteiger partial charge in [-0.05, 0) is 92.4 Å². The minimum atomic E-state index is -0.112. The highest BCUT2D eigenvalue weighted by Crippen LogP contribution is 2.25. The van der Waals surface area contributed by atoms with Crippen LogP contribution in [0.2, 0.25) is 0 Å². The number of benzene rings is 3. The molecule has 1 N–H and O–H groups in total. The Labute approximate surface area is 195 Å². The highest BCUT2D eigenvalue weighted by molar-refractivity contribution is 6.05. The molecule has 0 unspecified atom stereocenters. The number of pyridine rings is 1. The Hall–Kier alpha value is -3.50. The summed E-state index contributed by atoms with van der Waals surface area (Å²) < 4.78 is 0. The predicted molar refractivity (Wildman–Crippen MR) is 136 cm³/mol. The fourth-order valence-corrected chi connectivity index (χ4v) is 4.51. The van der Waals surface area contributed by atoms with Crippen molar-refractivity contribution >= 4 is 22.5 Å². The number of fused-ring (bicyclic) bond motifs is 1. The van der Waals surface area contributed by atoms with Crippen LogP contribution in [0.15, 0.2) is 72.9 Å². The average molecular weight is 436 g/mol. The summed E-state index contributed by atoms with van der Waals surface area (Å²) in [5, 5.41) is 4.19. The third kappa shape index (κ3) is 4.81. The second-order valence-electron chi connectivity index (χ2n) is 9.08. The van der Waals surface area contributed by atoms with E-state index in [4.69, 9.17) is 0 Å². The molecule has 4 aromatic rings. The molecule has 4 heteroatoms. The van der Waals surface area contributed by atoms with Crippen molar-refractivity contribution in [1.82, 2.24) is 9.88 Å². The first-order valence-corrected chi connectivity index (χ1v) is 11.7. The Morgan fingerprint density at radius 3 is 2.27 bits per heavy atom. The van der Waals surface area contributed by atoms with Crippen LogP contribution >= 0.6 is 0 Å². The van der Waals surface area contributed by atoms with E-state index in [9.17, 15) is 4.79 Å². The number of likely N-dealkylation sites (tertiary alicyclic amines) is 1. The number of nitrogens with zero attached hydrogens (tertiary/aromatic N) is 2. The smallest absolute Gasteiger partial charge is 0.255 e. The molecular formula is C29H29N3O. The van der Waals surface area contributed by atoms with Gasteiger partial charge in [0.2, 0.25) is 0 Å². The molecule has 1 aliphatic heterocycles. The summed E-state index contributed by atoms with van der Waals surface area (Å²) in [5.41, 5.74) is 8.10. The van der Waals surface area contributed by atoms with Gasteiger partial charge in [-0.3, -0.25) is 14.7 Å². The zero-order chi connectivity index (χ0) is 22.8. The summed E-state index contributed by atoms with van der Waals surface area (Å²) >= 11 is 0. The zero-order valence-corrected chi connectivity index (χ0v) is 19.3. The van der Waals surface area contributed by atoms with E-state index in [0.29, 0.717) is 5.56 Å². The molecule has 0 aliphatic carbocycles. The van der Waals surface area contributed by atoms with Crippen molar-refractivity contribution in [2.45, 2.75) is 33.2 Å². The normalized spacial score (nSPS) is 14.0. The fraction of sp³-hybridized carbons (Fsp3) is 0.241.